The number of hydrogen-bond donors (Lipinski definition) is 0. The lowest BCUT2D eigenvalue weighted by Gasteiger charge is -2.02. The molecule has 0 aliphatic carbocycles. The van der Waals surface area contributed by atoms with Crippen LogP contribution in [-0.4, -0.2) is 29.7 Å². The van der Waals surface area contributed by atoms with Crippen LogP contribution in [0.5, 0.6) is 5.88 Å². The summed E-state index contributed by atoms with van der Waals surface area (Å²) in [4.78, 5) is 18.7. The van der Waals surface area contributed by atoms with E-state index in [0.717, 1.165) is 6.42 Å². The van der Waals surface area contributed by atoms with Gasteiger partial charge >= 0.3 is 5.97 Å². The first-order valence-corrected chi connectivity index (χ1v) is 4.31. The fraction of sp³-hybridized carbons (Fsp3) is 0.444. The van der Waals surface area contributed by atoms with Crippen LogP contribution in [0.15, 0.2) is 12.4 Å². The van der Waals surface area contributed by atoms with E-state index in [2.05, 4.69) is 14.7 Å². The number of hydrogen-bond acceptors (Lipinski definition) is 5. The van der Waals surface area contributed by atoms with Crippen molar-refractivity contribution in [1.82, 2.24) is 9.97 Å². The molecule has 0 amide bonds. The Bertz CT molecular complexity index is 297. The number of methoxy groups -OCH3 is 1. The average Bonchev–Trinajstić information content (AvgIpc) is 2.26. The smallest absolute Gasteiger partial charge is 0.358 e. The van der Waals surface area contributed by atoms with Gasteiger partial charge in [0.1, 0.15) is 0 Å². The highest BCUT2D eigenvalue weighted by molar-refractivity contribution is 5.86. The van der Waals surface area contributed by atoms with Crippen LogP contribution in [-0.2, 0) is 4.74 Å². The monoisotopic (exact) mass is 196 g/mol. The first kappa shape index (κ1) is 10.4. The summed E-state index contributed by atoms with van der Waals surface area (Å²) in [6, 6.07) is 0. The maximum absolute atomic E-state index is 11.0. The number of ether oxygens (including phenoxy) is 2. The maximum atomic E-state index is 11.0. The molecule has 0 unspecified atom stereocenters. The van der Waals surface area contributed by atoms with Crippen molar-refractivity contribution < 1.29 is 14.3 Å². The average molecular weight is 196 g/mol. The summed E-state index contributed by atoms with van der Waals surface area (Å²) in [7, 11) is 1.30. The third kappa shape index (κ3) is 2.69. The lowest BCUT2D eigenvalue weighted by Crippen LogP contribution is -2.06. The molecular formula is C9H12N2O3. The Hall–Kier alpha value is -1.65. The van der Waals surface area contributed by atoms with Crippen molar-refractivity contribution in [2.75, 3.05) is 13.7 Å². The highest BCUT2D eigenvalue weighted by atomic mass is 16.5. The number of aromatic nitrogens is 2. The van der Waals surface area contributed by atoms with Crippen molar-refractivity contribution in [1.29, 1.82) is 0 Å². The molecule has 5 nitrogen and oxygen atoms in total. The first-order chi connectivity index (χ1) is 6.77. The second-order valence-corrected chi connectivity index (χ2v) is 2.58. The van der Waals surface area contributed by atoms with Gasteiger partial charge in [0.25, 0.3) is 0 Å². The third-order valence-corrected chi connectivity index (χ3v) is 1.48. The van der Waals surface area contributed by atoms with Crippen LogP contribution >= 0.6 is 0 Å². The molecule has 0 aliphatic rings. The molecule has 1 rings (SSSR count). The number of carbonyl (C=O) groups excluding carboxylic acids is 1. The largest absolute Gasteiger partial charge is 0.477 e. The van der Waals surface area contributed by atoms with Crippen molar-refractivity contribution in [3.8, 4) is 5.88 Å². The summed E-state index contributed by atoms with van der Waals surface area (Å²) in [5.41, 5.74) is 0.177. The van der Waals surface area contributed by atoms with Crippen LogP contribution in [0.2, 0.25) is 0 Å². The lowest BCUT2D eigenvalue weighted by atomic mass is 10.4. The van der Waals surface area contributed by atoms with Crippen LogP contribution in [0.1, 0.15) is 23.8 Å². The maximum Gasteiger partial charge on any atom is 0.358 e. The molecule has 0 bridgehead atoms. The van der Waals surface area contributed by atoms with E-state index in [-0.39, 0.29) is 5.69 Å². The molecule has 0 aromatic carbocycles. The van der Waals surface area contributed by atoms with Gasteiger partial charge in [-0.1, -0.05) is 6.92 Å². The Morgan fingerprint density at radius 1 is 1.43 bits per heavy atom. The summed E-state index contributed by atoms with van der Waals surface area (Å²) >= 11 is 0. The van der Waals surface area contributed by atoms with Gasteiger partial charge in [0.15, 0.2) is 5.69 Å². The molecule has 0 spiro atoms. The van der Waals surface area contributed by atoms with Crippen molar-refractivity contribution in [3.63, 3.8) is 0 Å². The quantitative estimate of drug-likeness (QED) is 0.673. The van der Waals surface area contributed by atoms with Crippen LogP contribution < -0.4 is 4.74 Å². The van der Waals surface area contributed by atoms with Crippen LogP contribution in [0.3, 0.4) is 0 Å². The van der Waals surface area contributed by atoms with Gasteiger partial charge in [-0.05, 0) is 6.42 Å². The molecule has 0 saturated carbocycles. The second kappa shape index (κ2) is 5.16. The van der Waals surface area contributed by atoms with Gasteiger partial charge in [-0.25, -0.2) is 14.8 Å². The summed E-state index contributed by atoms with van der Waals surface area (Å²) in [6.07, 6.45) is 3.64. The van der Waals surface area contributed by atoms with Gasteiger partial charge in [-0.3, -0.25) is 0 Å². The molecule has 0 radical (unpaired) electrons. The zero-order valence-electron chi connectivity index (χ0n) is 8.19. The van der Waals surface area contributed by atoms with E-state index in [0.29, 0.717) is 12.5 Å². The minimum Gasteiger partial charge on any atom is -0.477 e. The van der Waals surface area contributed by atoms with Gasteiger partial charge in [0, 0.05) is 0 Å². The minimum atomic E-state index is -0.500. The number of rotatable bonds is 4. The standard InChI is InChI=1S/C9H12N2O3/c1-3-4-14-8-6-10-7(5-11-8)9(12)13-2/h5-6H,3-4H2,1-2H3. The second-order valence-electron chi connectivity index (χ2n) is 2.58. The normalized spacial score (nSPS) is 9.57. The predicted molar refractivity (Wildman–Crippen MR) is 49.2 cm³/mol. The van der Waals surface area contributed by atoms with Crippen molar-refractivity contribution in [2.24, 2.45) is 0 Å². The molecule has 0 aliphatic heterocycles. The molecular weight excluding hydrogens is 184 g/mol. The van der Waals surface area contributed by atoms with Gasteiger partial charge in [-0.15, -0.1) is 0 Å². The minimum absolute atomic E-state index is 0.177. The summed E-state index contributed by atoms with van der Waals surface area (Å²) in [6.45, 7) is 2.59. The van der Waals surface area contributed by atoms with Crippen LogP contribution in [0, 0.1) is 0 Å². The van der Waals surface area contributed by atoms with Crippen molar-refractivity contribution >= 4 is 5.97 Å². The molecule has 14 heavy (non-hydrogen) atoms. The van der Waals surface area contributed by atoms with E-state index >= 15 is 0 Å². The fourth-order valence-corrected chi connectivity index (χ4v) is 0.807. The molecule has 76 valence electrons. The zero-order valence-corrected chi connectivity index (χ0v) is 8.19. The SMILES string of the molecule is CCCOc1cnc(C(=O)OC)cn1. The Kier molecular flexibility index (Phi) is 3.84. The van der Waals surface area contributed by atoms with Crippen LogP contribution in [0.4, 0.5) is 0 Å². The molecule has 1 aromatic rings. The molecule has 0 saturated heterocycles. The van der Waals surface area contributed by atoms with E-state index < -0.39 is 5.97 Å². The zero-order chi connectivity index (χ0) is 10.4. The summed E-state index contributed by atoms with van der Waals surface area (Å²) in [5, 5.41) is 0. The molecule has 1 heterocycles. The van der Waals surface area contributed by atoms with Crippen LogP contribution in [0.25, 0.3) is 0 Å². The number of nitrogens with zero attached hydrogens (tertiary/aromatic N) is 2. The lowest BCUT2D eigenvalue weighted by molar-refractivity contribution is 0.0593. The number of carbonyl (C=O) groups is 1. The molecule has 0 atom stereocenters. The third-order valence-electron chi connectivity index (χ3n) is 1.48. The van der Waals surface area contributed by atoms with Crippen molar-refractivity contribution in [3.05, 3.63) is 18.1 Å². The Morgan fingerprint density at radius 3 is 2.71 bits per heavy atom. The van der Waals surface area contributed by atoms with Crippen molar-refractivity contribution in [2.45, 2.75) is 13.3 Å². The Labute approximate surface area is 82.1 Å². The highest BCUT2D eigenvalue weighted by Crippen LogP contribution is 2.04. The topological polar surface area (TPSA) is 61.3 Å². The van der Waals surface area contributed by atoms with E-state index in [4.69, 9.17) is 4.74 Å². The van der Waals surface area contributed by atoms with E-state index in [1.165, 1.54) is 19.5 Å². The number of esters is 1. The Morgan fingerprint density at radius 2 is 2.21 bits per heavy atom. The molecule has 0 fully saturated rings. The molecule has 0 N–H and O–H groups in total. The van der Waals surface area contributed by atoms with Gasteiger partial charge in [0.05, 0.1) is 26.1 Å². The molecule has 5 heteroatoms. The van der Waals surface area contributed by atoms with Gasteiger partial charge in [-0.2, -0.15) is 0 Å². The Balaban J connectivity index is 2.63. The molecule has 1 aromatic heterocycles. The summed E-state index contributed by atoms with van der Waals surface area (Å²) < 4.78 is 9.67. The fourth-order valence-electron chi connectivity index (χ4n) is 0.807. The van der Waals surface area contributed by atoms with E-state index in [1.807, 2.05) is 6.92 Å². The van der Waals surface area contributed by atoms with E-state index in [9.17, 15) is 4.79 Å². The van der Waals surface area contributed by atoms with Gasteiger partial charge in [0.2, 0.25) is 5.88 Å². The first-order valence-electron chi connectivity index (χ1n) is 4.31. The predicted octanol–water partition coefficient (Wildman–Crippen LogP) is 1.05. The van der Waals surface area contributed by atoms with Gasteiger partial charge < -0.3 is 9.47 Å². The highest BCUT2D eigenvalue weighted by Gasteiger charge is 2.07. The summed E-state index contributed by atoms with van der Waals surface area (Å²) in [5.74, 6) is -0.0842. The van der Waals surface area contributed by atoms with E-state index in [1.54, 1.807) is 0 Å².